The van der Waals surface area contributed by atoms with Gasteiger partial charge in [-0.1, -0.05) is 32.3 Å². The Bertz CT molecular complexity index is 1220. The van der Waals surface area contributed by atoms with Crippen LogP contribution in [0.4, 0.5) is 16.4 Å². The molecule has 1 aliphatic carbocycles. The number of rotatable bonds is 8. The first kappa shape index (κ1) is 27.6. The van der Waals surface area contributed by atoms with Crippen LogP contribution in [0, 0.1) is 0 Å². The molecule has 10 nitrogen and oxygen atoms in total. The number of ether oxygens (including phenoxy) is 1. The molecule has 0 spiro atoms. The maximum absolute atomic E-state index is 12.9. The fourth-order valence-electron chi connectivity index (χ4n) is 3.95. The van der Waals surface area contributed by atoms with E-state index in [1.807, 2.05) is 18.3 Å². The molecule has 196 valence electrons. The van der Waals surface area contributed by atoms with Crippen molar-refractivity contribution in [1.29, 1.82) is 0 Å². The van der Waals surface area contributed by atoms with Crippen molar-refractivity contribution >= 4 is 39.1 Å². The first-order valence-corrected chi connectivity index (χ1v) is 14.3. The van der Waals surface area contributed by atoms with Crippen molar-refractivity contribution in [3.05, 3.63) is 41.8 Å². The number of nitrogens with zero attached hydrogens (tertiary/aromatic N) is 2. The summed E-state index contributed by atoms with van der Waals surface area (Å²) in [5, 5.41) is 4.22. The predicted octanol–water partition coefficient (Wildman–Crippen LogP) is 5.11. The normalized spacial score (nSPS) is 14.2. The lowest BCUT2D eigenvalue weighted by atomic mass is 9.90. The van der Waals surface area contributed by atoms with Gasteiger partial charge in [0.1, 0.15) is 0 Å². The quantitative estimate of drug-likeness (QED) is 0.313. The van der Waals surface area contributed by atoms with Crippen LogP contribution in [0.1, 0.15) is 63.8 Å². The van der Waals surface area contributed by atoms with E-state index in [9.17, 15) is 13.2 Å². The van der Waals surface area contributed by atoms with Crippen LogP contribution < -0.4 is 15.8 Å². The van der Waals surface area contributed by atoms with Crippen LogP contribution in [0.25, 0.3) is 10.4 Å². The van der Waals surface area contributed by atoms with E-state index >= 15 is 0 Å². The van der Waals surface area contributed by atoms with Gasteiger partial charge in [0, 0.05) is 42.3 Å². The fourth-order valence-corrected chi connectivity index (χ4v) is 6.42. The molecule has 12 heteroatoms. The summed E-state index contributed by atoms with van der Waals surface area (Å²) < 4.78 is 32.8. The van der Waals surface area contributed by atoms with Gasteiger partial charge in [0.05, 0.1) is 20.9 Å². The van der Waals surface area contributed by atoms with Crippen molar-refractivity contribution in [3.63, 3.8) is 0 Å². The van der Waals surface area contributed by atoms with E-state index in [1.54, 1.807) is 50.6 Å². The fraction of sp³-hybridized carbons (Fsp3) is 0.458. The van der Waals surface area contributed by atoms with Gasteiger partial charge in [-0.3, -0.25) is 0 Å². The summed E-state index contributed by atoms with van der Waals surface area (Å²) in [6.07, 6.45) is 10.5. The number of aromatic amines is 1. The molecule has 3 aromatic rings. The number of sulfonamides is 1. The minimum atomic E-state index is -3.65. The molecular weight excluding hydrogens is 500 g/mol. The van der Waals surface area contributed by atoms with Gasteiger partial charge in [-0.2, -0.15) is 0 Å². The number of amides is 1. The molecule has 0 unspecified atom stereocenters. The zero-order valence-electron chi connectivity index (χ0n) is 20.8. The number of benzene rings is 1. The average Bonchev–Trinajstić information content (AvgIpc) is 3.52. The predicted molar refractivity (Wildman–Crippen MR) is 142 cm³/mol. The number of carbonyl (C=O) groups is 1. The van der Waals surface area contributed by atoms with Crippen molar-refractivity contribution in [1.82, 2.24) is 19.7 Å². The van der Waals surface area contributed by atoms with Crippen LogP contribution >= 0.6 is 11.3 Å². The third kappa shape index (κ3) is 7.77. The van der Waals surface area contributed by atoms with Crippen molar-refractivity contribution in [2.45, 2.75) is 69.8 Å². The lowest BCUT2D eigenvalue weighted by Gasteiger charge is -2.18. The maximum atomic E-state index is 12.9. The van der Waals surface area contributed by atoms with Gasteiger partial charge in [-0.05, 0) is 38.8 Å². The molecule has 4 rings (SSSR count). The molecule has 2 heterocycles. The molecule has 0 aliphatic heterocycles. The first-order chi connectivity index (χ1) is 17.2. The molecule has 36 heavy (non-hydrogen) atoms. The van der Waals surface area contributed by atoms with Crippen molar-refractivity contribution < 1.29 is 17.9 Å². The number of nitrogens with one attached hydrogen (secondary N) is 3. The van der Waals surface area contributed by atoms with E-state index in [2.05, 4.69) is 35.5 Å². The van der Waals surface area contributed by atoms with Gasteiger partial charge in [-0.25, -0.2) is 27.9 Å². The second-order valence-electron chi connectivity index (χ2n) is 8.66. The van der Waals surface area contributed by atoms with E-state index < -0.39 is 16.1 Å². The first-order valence-electron chi connectivity index (χ1n) is 12.0. The Morgan fingerprint density at radius 1 is 1.25 bits per heavy atom. The van der Waals surface area contributed by atoms with E-state index in [1.165, 1.54) is 32.1 Å². The molecule has 2 aromatic heterocycles. The lowest BCUT2D eigenvalue weighted by Crippen LogP contribution is -2.23. The number of anilines is 2. The van der Waals surface area contributed by atoms with Crippen LogP contribution in [-0.2, 0) is 14.8 Å². The number of thiazole rings is 1. The second-order valence-corrected chi connectivity index (χ2v) is 11.5. The molecule has 0 bridgehead atoms. The molecule has 5 N–H and O–H groups in total. The van der Waals surface area contributed by atoms with Crippen molar-refractivity contribution in [2.24, 2.45) is 5.73 Å². The van der Waals surface area contributed by atoms with Crippen molar-refractivity contribution in [2.75, 3.05) is 11.9 Å². The molecular formula is C24H34N6O4S2. The van der Waals surface area contributed by atoms with Crippen LogP contribution in [-0.4, -0.2) is 42.1 Å². The molecule has 0 radical (unpaired) electrons. The van der Waals surface area contributed by atoms with E-state index in [4.69, 9.17) is 0 Å². The highest BCUT2D eigenvalue weighted by atomic mass is 32.2. The Labute approximate surface area is 216 Å². The van der Waals surface area contributed by atoms with E-state index in [-0.39, 0.29) is 11.0 Å². The summed E-state index contributed by atoms with van der Waals surface area (Å²) in [5.41, 5.74) is 5.96. The summed E-state index contributed by atoms with van der Waals surface area (Å²) in [4.78, 5) is 22.7. The minimum Gasteiger partial charge on any atom is -0.447 e. The standard InChI is InChI=1S/C20H25N5O2S2.C4H9NO2/c1-2-24-29(26,27)18-12-15(25-20-21-10-11-22-20)8-9-16(18)17-13-23-19(28-17)14-6-4-3-5-7-14;1-3(2)7-4(5)6/h8-14,24H,2-7H2,1H3,(H2,21,22,25);3H,1-2H3,(H2,5,6). The SMILES string of the molecule is CC(C)OC(N)=O.CCNS(=O)(=O)c1cc(Nc2ncc[nH]2)ccc1-c1cnc(C2CCCCC2)s1. The zero-order valence-corrected chi connectivity index (χ0v) is 22.4. The summed E-state index contributed by atoms with van der Waals surface area (Å²) in [5.74, 6) is 1.05. The van der Waals surface area contributed by atoms with E-state index in [0.29, 0.717) is 29.7 Å². The molecule has 1 amide bonds. The van der Waals surface area contributed by atoms with Crippen LogP contribution in [0.15, 0.2) is 41.7 Å². The number of H-pyrrole nitrogens is 1. The minimum absolute atomic E-state index is 0.0995. The number of nitrogens with two attached hydrogens (primary N) is 1. The lowest BCUT2D eigenvalue weighted by molar-refractivity contribution is 0.125. The molecule has 1 saturated carbocycles. The Morgan fingerprint density at radius 2 is 2.00 bits per heavy atom. The number of primary amides is 1. The van der Waals surface area contributed by atoms with Gasteiger partial charge in [0.2, 0.25) is 16.0 Å². The molecule has 1 aromatic carbocycles. The third-order valence-electron chi connectivity index (χ3n) is 5.46. The maximum Gasteiger partial charge on any atom is 0.404 e. The monoisotopic (exact) mass is 534 g/mol. The van der Waals surface area contributed by atoms with Gasteiger partial charge in [0.25, 0.3) is 0 Å². The Hall–Kier alpha value is -2.96. The Balaban J connectivity index is 0.000000454. The third-order valence-corrected chi connectivity index (χ3v) is 8.24. The molecule has 0 saturated heterocycles. The largest absolute Gasteiger partial charge is 0.447 e. The van der Waals surface area contributed by atoms with Crippen LogP contribution in [0.5, 0.6) is 0 Å². The van der Waals surface area contributed by atoms with Gasteiger partial charge < -0.3 is 20.8 Å². The van der Waals surface area contributed by atoms with Crippen LogP contribution in [0.2, 0.25) is 0 Å². The van der Waals surface area contributed by atoms with Gasteiger partial charge >= 0.3 is 6.09 Å². The van der Waals surface area contributed by atoms with Gasteiger partial charge in [-0.15, -0.1) is 11.3 Å². The number of hydrogen-bond donors (Lipinski definition) is 4. The number of aromatic nitrogens is 3. The second kappa shape index (κ2) is 12.8. The zero-order chi connectivity index (χ0) is 26.1. The summed E-state index contributed by atoms with van der Waals surface area (Å²) in [6, 6.07) is 5.35. The van der Waals surface area contributed by atoms with E-state index in [0.717, 1.165) is 9.88 Å². The highest BCUT2D eigenvalue weighted by molar-refractivity contribution is 7.89. The number of hydrogen-bond acceptors (Lipinski definition) is 8. The summed E-state index contributed by atoms with van der Waals surface area (Å²) in [7, 11) is -3.65. The number of imidazole rings is 1. The number of carbonyl (C=O) groups excluding carboxylic acids is 1. The highest BCUT2D eigenvalue weighted by Gasteiger charge is 2.23. The van der Waals surface area contributed by atoms with Crippen molar-refractivity contribution in [3.8, 4) is 10.4 Å². The molecule has 0 atom stereocenters. The Kier molecular flexibility index (Phi) is 9.85. The smallest absolute Gasteiger partial charge is 0.404 e. The summed E-state index contributed by atoms with van der Waals surface area (Å²) >= 11 is 1.61. The molecule has 1 fully saturated rings. The molecule has 1 aliphatic rings. The summed E-state index contributed by atoms with van der Waals surface area (Å²) in [6.45, 7) is 5.58. The Morgan fingerprint density at radius 3 is 2.58 bits per heavy atom. The highest BCUT2D eigenvalue weighted by Crippen LogP contribution is 2.39. The van der Waals surface area contributed by atoms with Gasteiger partial charge in [0.15, 0.2) is 0 Å². The van der Waals surface area contributed by atoms with Crippen LogP contribution in [0.3, 0.4) is 0 Å². The average molecular weight is 535 g/mol. The topological polar surface area (TPSA) is 152 Å².